The van der Waals surface area contributed by atoms with Crippen molar-refractivity contribution in [2.75, 3.05) is 39.3 Å². The molecule has 1 N–H and O–H groups in total. The summed E-state index contributed by atoms with van der Waals surface area (Å²) in [4.78, 5) is 45.0. The molecule has 0 unspecified atom stereocenters. The molecule has 0 saturated carbocycles. The van der Waals surface area contributed by atoms with Crippen molar-refractivity contribution >= 4 is 29.5 Å². The van der Waals surface area contributed by atoms with Gasteiger partial charge in [-0.1, -0.05) is 35.9 Å². The summed E-state index contributed by atoms with van der Waals surface area (Å²) in [6, 6.07) is 11.5. The molecule has 2 atom stereocenters. The van der Waals surface area contributed by atoms with Crippen LogP contribution in [0.15, 0.2) is 59.8 Å². The molecule has 0 radical (unpaired) electrons. The molecule has 202 valence electrons. The molecule has 2 aromatic carbocycles. The summed E-state index contributed by atoms with van der Waals surface area (Å²) in [6.07, 6.45) is 0. The highest BCUT2D eigenvalue weighted by Gasteiger charge is 2.39. The Balaban J connectivity index is 1.63. The zero-order valence-corrected chi connectivity index (χ0v) is 22.5. The summed E-state index contributed by atoms with van der Waals surface area (Å²) in [7, 11) is 0. The van der Waals surface area contributed by atoms with E-state index in [-0.39, 0.29) is 24.6 Å². The van der Waals surface area contributed by atoms with Crippen LogP contribution < -0.4 is 5.32 Å². The molecule has 2 aliphatic rings. The first kappa shape index (κ1) is 27.6. The van der Waals surface area contributed by atoms with Crippen molar-refractivity contribution in [3.8, 4) is 0 Å². The molecule has 3 amide bonds. The molecule has 1 saturated heterocycles. The van der Waals surface area contributed by atoms with Crippen LogP contribution in [0.3, 0.4) is 0 Å². The van der Waals surface area contributed by atoms with Crippen molar-refractivity contribution in [1.82, 2.24) is 20.0 Å². The highest BCUT2D eigenvalue weighted by atomic mass is 35.5. The van der Waals surface area contributed by atoms with Gasteiger partial charge < -0.3 is 15.0 Å². The predicted octanol–water partition coefficient (Wildman–Crippen LogP) is 4.23. The zero-order chi connectivity index (χ0) is 27.4. The van der Waals surface area contributed by atoms with E-state index in [9.17, 15) is 18.8 Å². The summed E-state index contributed by atoms with van der Waals surface area (Å²) < 4.78 is 19.0. The number of benzene rings is 2. The van der Waals surface area contributed by atoms with Crippen LogP contribution in [0.5, 0.6) is 0 Å². The SMILES string of the molecule is CCOC(=O)C1=C(CN2CCN(C(=O)c3ccccc3Cl)[C@@H](C)C2)N(CC)C(=O)N[C@H]1c1ccc(F)cc1. The second-order valence-corrected chi connectivity index (χ2v) is 9.73. The van der Waals surface area contributed by atoms with Crippen LogP contribution in [0, 0.1) is 5.82 Å². The lowest BCUT2D eigenvalue weighted by atomic mass is 9.94. The number of nitrogens with zero attached hydrogens (tertiary/aromatic N) is 3. The first-order valence-corrected chi connectivity index (χ1v) is 13.1. The molecule has 2 aliphatic heterocycles. The predicted molar refractivity (Wildman–Crippen MR) is 142 cm³/mol. The average molecular weight is 543 g/mol. The van der Waals surface area contributed by atoms with Gasteiger partial charge in [0.1, 0.15) is 5.82 Å². The third kappa shape index (κ3) is 5.68. The minimum absolute atomic E-state index is 0.125. The number of hydrogen-bond donors (Lipinski definition) is 1. The Bertz CT molecular complexity index is 1240. The second-order valence-electron chi connectivity index (χ2n) is 9.32. The Morgan fingerprint density at radius 3 is 2.45 bits per heavy atom. The topological polar surface area (TPSA) is 82.2 Å². The van der Waals surface area contributed by atoms with Crippen LogP contribution in [0.1, 0.15) is 42.7 Å². The fraction of sp³-hybridized carbons (Fsp3) is 0.393. The van der Waals surface area contributed by atoms with E-state index in [0.29, 0.717) is 60.1 Å². The van der Waals surface area contributed by atoms with E-state index >= 15 is 0 Å². The fourth-order valence-corrected chi connectivity index (χ4v) is 5.26. The summed E-state index contributed by atoms with van der Waals surface area (Å²) in [6.45, 7) is 7.90. The minimum Gasteiger partial charge on any atom is -0.463 e. The molecule has 1 fully saturated rings. The third-order valence-corrected chi connectivity index (χ3v) is 7.23. The number of ether oxygens (including phenoxy) is 1. The van der Waals surface area contributed by atoms with Crippen molar-refractivity contribution in [2.24, 2.45) is 0 Å². The Hall–Kier alpha value is -3.43. The third-order valence-electron chi connectivity index (χ3n) is 6.90. The molecule has 0 bridgehead atoms. The Morgan fingerprint density at radius 2 is 1.82 bits per heavy atom. The maximum Gasteiger partial charge on any atom is 0.338 e. The normalized spacial score (nSPS) is 20.4. The first-order valence-electron chi connectivity index (χ1n) is 12.8. The van der Waals surface area contributed by atoms with Crippen LogP contribution >= 0.6 is 11.6 Å². The molecule has 0 spiro atoms. The molecule has 2 aromatic rings. The lowest BCUT2D eigenvalue weighted by Gasteiger charge is -2.43. The Kier molecular flexibility index (Phi) is 8.69. The molecule has 0 aromatic heterocycles. The highest BCUT2D eigenvalue weighted by molar-refractivity contribution is 6.33. The number of nitrogens with one attached hydrogen (secondary N) is 1. The number of halogens is 2. The first-order chi connectivity index (χ1) is 18.2. The van der Waals surface area contributed by atoms with E-state index in [1.165, 1.54) is 17.0 Å². The van der Waals surface area contributed by atoms with Gasteiger partial charge in [0.25, 0.3) is 5.91 Å². The van der Waals surface area contributed by atoms with Crippen molar-refractivity contribution in [1.29, 1.82) is 0 Å². The van der Waals surface area contributed by atoms with Gasteiger partial charge >= 0.3 is 12.0 Å². The number of carbonyl (C=O) groups excluding carboxylic acids is 3. The van der Waals surface area contributed by atoms with Crippen molar-refractivity contribution < 1.29 is 23.5 Å². The van der Waals surface area contributed by atoms with Gasteiger partial charge in [0.15, 0.2) is 0 Å². The molecule has 4 rings (SSSR count). The van der Waals surface area contributed by atoms with Gasteiger partial charge in [-0.25, -0.2) is 14.0 Å². The van der Waals surface area contributed by atoms with Gasteiger partial charge in [0, 0.05) is 44.5 Å². The Morgan fingerprint density at radius 1 is 1.11 bits per heavy atom. The van der Waals surface area contributed by atoms with Crippen molar-refractivity contribution in [3.05, 3.63) is 81.8 Å². The Labute approximate surface area is 227 Å². The quantitative estimate of drug-likeness (QED) is 0.530. The second kappa shape index (κ2) is 12.0. The number of urea groups is 1. The summed E-state index contributed by atoms with van der Waals surface area (Å²) in [5.74, 6) is -1.07. The number of esters is 1. The lowest BCUT2D eigenvalue weighted by molar-refractivity contribution is -0.139. The van der Waals surface area contributed by atoms with E-state index in [2.05, 4.69) is 10.2 Å². The minimum atomic E-state index is -0.777. The monoisotopic (exact) mass is 542 g/mol. The van der Waals surface area contributed by atoms with Crippen molar-refractivity contribution in [2.45, 2.75) is 32.9 Å². The standard InChI is InChI=1S/C28H32ClFN4O4/c1-4-33-23(17-32-14-15-34(18(3)16-32)26(35)21-8-6-7-9-22(21)29)24(27(36)38-5-2)25(31-28(33)37)19-10-12-20(30)13-11-19/h6-13,18,25H,4-5,14-17H2,1-3H3,(H,31,37)/t18-,25-/m0/s1. The number of likely N-dealkylation sites (N-methyl/N-ethyl adjacent to an activating group) is 1. The summed E-state index contributed by atoms with van der Waals surface area (Å²) in [5.41, 5.74) is 1.91. The number of carbonyl (C=O) groups is 3. The van der Waals surface area contributed by atoms with E-state index in [4.69, 9.17) is 16.3 Å². The van der Waals surface area contributed by atoms with Gasteiger partial charge in [-0.05, 0) is 50.6 Å². The fourth-order valence-electron chi connectivity index (χ4n) is 5.04. The van der Waals surface area contributed by atoms with Crippen LogP contribution in [-0.2, 0) is 9.53 Å². The maximum atomic E-state index is 13.6. The molecular weight excluding hydrogens is 511 g/mol. The smallest absolute Gasteiger partial charge is 0.338 e. The van der Waals surface area contributed by atoms with Gasteiger partial charge in [0.2, 0.25) is 0 Å². The van der Waals surface area contributed by atoms with E-state index in [1.54, 1.807) is 48.2 Å². The largest absolute Gasteiger partial charge is 0.463 e. The summed E-state index contributed by atoms with van der Waals surface area (Å²) >= 11 is 6.26. The molecule has 10 heteroatoms. The number of piperazine rings is 1. The maximum absolute atomic E-state index is 13.6. The average Bonchev–Trinajstić information content (AvgIpc) is 2.89. The molecule has 0 aliphatic carbocycles. The number of amides is 3. The number of rotatable bonds is 7. The molecular formula is C28H32ClFN4O4. The number of hydrogen-bond acceptors (Lipinski definition) is 5. The van der Waals surface area contributed by atoms with E-state index < -0.39 is 17.8 Å². The van der Waals surface area contributed by atoms with Gasteiger partial charge in [-0.15, -0.1) is 0 Å². The molecule has 8 nitrogen and oxygen atoms in total. The van der Waals surface area contributed by atoms with E-state index in [0.717, 1.165) is 0 Å². The van der Waals surface area contributed by atoms with Crippen LogP contribution in [0.4, 0.5) is 9.18 Å². The van der Waals surface area contributed by atoms with Crippen LogP contribution in [0.2, 0.25) is 5.02 Å². The molecule has 38 heavy (non-hydrogen) atoms. The molecule has 2 heterocycles. The van der Waals surface area contributed by atoms with Gasteiger partial charge in [-0.3, -0.25) is 14.6 Å². The summed E-state index contributed by atoms with van der Waals surface area (Å²) in [5, 5.41) is 3.30. The van der Waals surface area contributed by atoms with Crippen LogP contribution in [-0.4, -0.2) is 78.0 Å². The van der Waals surface area contributed by atoms with Crippen LogP contribution in [0.25, 0.3) is 0 Å². The van der Waals surface area contributed by atoms with Gasteiger partial charge in [-0.2, -0.15) is 0 Å². The highest BCUT2D eigenvalue weighted by Crippen LogP contribution is 2.32. The lowest BCUT2D eigenvalue weighted by Crippen LogP contribution is -2.56. The van der Waals surface area contributed by atoms with Crippen molar-refractivity contribution in [3.63, 3.8) is 0 Å². The van der Waals surface area contributed by atoms with Gasteiger partial charge in [0.05, 0.1) is 28.8 Å². The van der Waals surface area contributed by atoms with E-state index in [1.807, 2.05) is 13.8 Å². The zero-order valence-electron chi connectivity index (χ0n) is 21.7.